The number of carbonyl (C=O) groups is 2. The topological polar surface area (TPSA) is 77.5 Å². The quantitative estimate of drug-likeness (QED) is 0.575. The molecule has 35 heavy (non-hydrogen) atoms. The number of hydrogen-bond donors (Lipinski definition) is 0. The number of benzene rings is 2. The summed E-state index contributed by atoms with van der Waals surface area (Å²) in [4.78, 5) is 30.5. The second kappa shape index (κ2) is 10.9. The second-order valence-electron chi connectivity index (χ2n) is 8.44. The standard InChI is InChI=1S/C25H28Cl2N2O6/c1-32-21-10-15(11-22(33-2)23(21)34-3)18-13-29(24(30)17-5-4-16(26)12-20(17)27)14-19(18)25(31)28-6-8-35-9-7-28/h4-5,10-12,18-19H,6-9,13-14H2,1-3H3/t18-,19-/m0/s1. The summed E-state index contributed by atoms with van der Waals surface area (Å²) in [5.41, 5.74) is 1.17. The number of amides is 2. The van der Waals surface area contributed by atoms with E-state index in [-0.39, 0.29) is 29.3 Å². The highest BCUT2D eigenvalue weighted by atomic mass is 35.5. The van der Waals surface area contributed by atoms with Crippen molar-refractivity contribution in [2.24, 2.45) is 5.92 Å². The molecule has 2 aromatic carbocycles. The van der Waals surface area contributed by atoms with Crippen LogP contribution in [0.15, 0.2) is 30.3 Å². The Kier molecular flexibility index (Phi) is 7.94. The Morgan fingerprint density at radius 2 is 1.57 bits per heavy atom. The SMILES string of the molecule is COc1cc([C@@H]2CN(C(=O)c3ccc(Cl)cc3Cl)C[C@@H]2C(=O)N2CCOCC2)cc(OC)c1OC. The van der Waals surface area contributed by atoms with Crippen LogP contribution in [0, 0.1) is 5.92 Å². The molecule has 2 amide bonds. The summed E-state index contributed by atoms with van der Waals surface area (Å²) in [7, 11) is 4.63. The molecule has 2 atom stereocenters. The Bertz CT molecular complexity index is 1080. The van der Waals surface area contributed by atoms with Crippen molar-refractivity contribution in [3.8, 4) is 17.2 Å². The van der Waals surface area contributed by atoms with E-state index in [0.29, 0.717) is 60.7 Å². The maximum Gasteiger partial charge on any atom is 0.255 e. The molecule has 188 valence electrons. The molecule has 8 nitrogen and oxygen atoms in total. The van der Waals surface area contributed by atoms with Crippen molar-refractivity contribution in [3.63, 3.8) is 0 Å². The van der Waals surface area contributed by atoms with Crippen molar-refractivity contribution in [2.75, 3.05) is 60.7 Å². The normalized spacial score (nSPS) is 20.0. The van der Waals surface area contributed by atoms with Gasteiger partial charge >= 0.3 is 0 Å². The monoisotopic (exact) mass is 522 g/mol. The van der Waals surface area contributed by atoms with E-state index in [2.05, 4.69) is 0 Å². The average Bonchev–Trinajstić information content (AvgIpc) is 3.33. The van der Waals surface area contributed by atoms with Crippen LogP contribution in [-0.2, 0) is 9.53 Å². The van der Waals surface area contributed by atoms with E-state index in [1.54, 1.807) is 37.3 Å². The molecule has 0 radical (unpaired) electrons. The molecule has 2 heterocycles. The van der Waals surface area contributed by atoms with Crippen LogP contribution < -0.4 is 14.2 Å². The lowest BCUT2D eigenvalue weighted by Gasteiger charge is -2.31. The van der Waals surface area contributed by atoms with Crippen LogP contribution in [0.4, 0.5) is 0 Å². The van der Waals surface area contributed by atoms with Gasteiger partial charge in [-0.3, -0.25) is 9.59 Å². The summed E-state index contributed by atoms with van der Waals surface area (Å²) in [6, 6.07) is 8.46. The van der Waals surface area contributed by atoms with Crippen molar-refractivity contribution in [1.82, 2.24) is 9.80 Å². The second-order valence-corrected chi connectivity index (χ2v) is 9.29. The molecule has 0 saturated carbocycles. The highest BCUT2D eigenvalue weighted by molar-refractivity contribution is 6.36. The lowest BCUT2D eigenvalue weighted by atomic mass is 9.87. The van der Waals surface area contributed by atoms with Gasteiger partial charge in [0.25, 0.3) is 5.91 Å². The van der Waals surface area contributed by atoms with Crippen LogP contribution in [0.1, 0.15) is 21.8 Å². The number of carbonyl (C=O) groups excluding carboxylic acids is 2. The van der Waals surface area contributed by atoms with E-state index in [4.69, 9.17) is 42.1 Å². The van der Waals surface area contributed by atoms with Gasteiger partial charge < -0.3 is 28.7 Å². The molecule has 0 unspecified atom stereocenters. The Labute approximate surface area is 214 Å². The first-order valence-electron chi connectivity index (χ1n) is 11.3. The lowest BCUT2D eigenvalue weighted by Crippen LogP contribution is -2.45. The number of ether oxygens (including phenoxy) is 4. The summed E-state index contributed by atoms with van der Waals surface area (Å²) in [5, 5.41) is 0.721. The van der Waals surface area contributed by atoms with Crippen molar-refractivity contribution in [3.05, 3.63) is 51.5 Å². The minimum absolute atomic E-state index is 0.00967. The van der Waals surface area contributed by atoms with Crippen molar-refractivity contribution in [1.29, 1.82) is 0 Å². The predicted molar refractivity (Wildman–Crippen MR) is 132 cm³/mol. The number of methoxy groups -OCH3 is 3. The molecule has 0 spiro atoms. The molecule has 0 bridgehead atoms. The van der Waals surface area contributed by atoms with Crippen LogP contribution in [0.25, 0.3) is 0 Å². The zero-order chi connectivity index (χ0) is 25.1. The lowest BCUT2D eigenvalue weighted by molar-refractivity contribution is -0.139. The third-order valence-corrected chi connectivity index (χ3v) is 7.07. The number of rotatable bonds is 6. The van der Waals surface area contributed by atoms with Gasteiger partial charge in [-0.15, -0.1) is 0 Å². The van der Waals surface area contributed by atoms with E-state index in [1.807, 2.05) is 17.0 Å². The van der Waals surface area contributed by atoms with Gasteiger partial charge in [0.05, 0.1) is 51.0 Å². The van der Waals surface area contributed by atoms with Crippen LogP contribution >= 0.6 is 23.2 Å². The highest BCUT2D eigenvalue weighted by Crippen LogP contribution is 2.44. The molecule has 2 aliphatic rings. The van der Waals surface area contributed by atoms with Gasteiger partial charge in [0.15, 0.2) is 11.5 Å². The van der Waals surface area contributed by atoms with Gasteiger partial charge in [-0.05, 0) is 35.9 Å². The van der Waals surface area contributed by atoms with Gasteiger partial charge in [-0.1, -0.05) is 23.2 Å². The van der Waals surface area contributed by atoms with Crippen LogP contribution in [0.5, 0.6) is 17.2 Å². The molecule has 2 aliphatic heterocycles. The summed E-state index contributed by atoms with van der Waals surface area (Å²) in [6.07, 6.45) is 0. The van der Waals surface area contributed by atoms with Crippen LogP contribution in [0.2, 0.25) is 10.0 Å². The number of halogens is 2. The number of morpholine rings is 1. The summed E-state index contributed by atoms with van der Waals surface area (Å²) in [6.45, 7) is 2.63. The average molecular weight is 523 g/mol. The Hall–Kier alpha value is -2.68. The van der Waals surface area contributed by atoms with Gasteiger partial charge in [0, 0.05) is 37.1 Å². The van der Waals surface area contributed by atoms with Crippen molar-refractivity contribution in [2.45, 2.75) is 5.92 Å². The Balaban J connectivity index is 1.71. The van der Waals surface area contributed by atoms with Gasteiger partial charge in [0.1, 0.15) is 0 Å². The fraction of sp³-hybridized carbons (Fsp3) is 0.440. The van der Waals surface area contributed by atoms with Gasteiger partial charge in [0.2, 0.25) is 11.7 Å². The molecule has 10 heteroatoms. The number of hydrogen-bond acceptors (Lipinski definition) is 6. The first-order chi connectivity index (χ1) is 16.9. The molecule has 0 N–H and O–H groups in total. The Morgan fingerprint density at radius 3 is 2.14 bits per heavy atom. The summed E-state index contributed by atoms with van der Waals surface area (Å²) < 4.78 is 21.9. The first kappa shape index (κ1) is 25.4. The van der Waals surface area contributed by atoms with Crippen LogP contribution in [-0.4, -0.2) is 82.3 Å². The molecule has 0 aromatic heterocycles. The maximum absolute atomic E-state index is 13.6. The van der Waals surface area contributed by atoms with Gasteiger partial charge in [-0.25, -0.2) is 0 Å². The fourth-order valence-electron chi connectivity index (χ4n) is 4.72. The van der Waals surface area contributed by atoms with E-state index >= 15 is 0 Å². The molecular formula is C25H28Cl2N2O6. The minimum atomic E-state index is -0.453. The third-order valence-electron chi connectivity index (χ3n) is 6.52. The molecular weight excluding hydrogens is 495 g/mol. The molecule has 0 aliphatic carbocycles. The maximum atomic E-state index is 13.6. The zero-order valence-electron chi connectivity index (χ0n) is 19.9. The first-order valence-corrected chi connectivity index (χ1v) is 12.0. The fourth-order valence-corrected chi connectivity index (χ4v) is 5.21. The van der Waals surface area contributed by atoms with E-state index < -0.39 is 5.92 Å². The smallest absolute Gasteiger partial charge is 0.255 e. The molecule has 2 aromatic rings. The van der Waals surface area contributed by atoms with Crippen molar-refractivity contribution >= 4 is 35.0 Å². The van der Waals surface area contributed by atoms with Crippen molar-refractivity contribution < 1.29 is 28.5 Å². The highest BCUT2D eigenvalue weighted by Gasteiger charge is 2.43. The van der Waals surface area contributed by atoms with Gasteiger partial charge in [-0.2, -0.15) is 0 Å². The molecule has 2 fully saturated rings. The Morgan fingerprint density at radius 1 is 0.914 bits per heavy atom. The minimum Gasteiger partial charge on any atom is -0.493 e. The summed E-state index contributed by atoms with van der Waals surface area (Å²) >= 11 is 12.3. The predicted octanol–water partition coefficient (Wildman–Crippen LogP) is 3.73. The van der Waals surface area contributed by atoms with E-state index in [9.17, 15) is 9.59 Å². The van der Waals surface area contributed by atoms with E-state index in [0.717, 1.165) is 5.56 Å². The summed E-state index contributed by atoms with van der Waals surface area (Å²) in [5.74, 6) is 0.453. The molecule has 4 rings (SSSR count). The zero-order valence-corrected chi connectivity index (χ0v) is 21.4. The molecule has 2 saturated heterocycles. The number of likely N-dealkylation sites (tertiary alicyclic amines) is 1. The number of nitrogens with zero attached hydrogens (tertiary/aromatic N) is 2. The van der Waals surface area contributed by atoms with E-state index in [1.165, 1.54) is 7.11 Å². The third kappa shape index (κ3) is 5.15. The largest absolute Gasteiger partial charge is 0.493 e. The van der Waals surface area contributed by atoms with Crippen LogP contribution in [0.3, 0.4) is 0 Å².